The molecule has 1 aromatic carbocycles. The van der Waals surface area contributed by atoms with Gasteiger partial charge in [-0.15, -0.1) is 0 Å². The van der Waals surface area contributed by atoms with Crippen LogP contribution in [0, 0.1) is 0 Å². The second-order valence-corrected chi connectivity index (χ2v) is 4.95. The SMILES string of the molecule is CCC(O)(CC)CNC(=O)Cc1ccc(Cl)cc1. The van der Waals surface area contributed by atoms with E-state index in [1.54, 1.807) is 12.1 Å². The molecule has 0 atom stereocenters. The number of amides is 1. The normalized spacial score (nSPS) is 11.3. The average Bonchev–Trinajstić information content (AvgIpc) is 2.39. The summed E-state index contributed by atoms with van der Waals surface area (Å²) in [6.07, 6.45) is 1.57. The minimum atomic E-state index is -0.796. The zero-order valence-electron chi connectivity index (χ0n) is 10.9. The van der Waals surface area contributed by atoms with Crippen molar-refractivity contribution in [2.45, 2.75) is 38.7 Å². The minimum Gasteiger partial charge on any atom is -0.388 e. The van der Waals surface area contributed by atoms with E-state index in [9.17, 15) is 9.90 Å². The zero-order valence-corrected chi connectivity index (χ0v) is 11.6. The third-order valence-corrected chi connectivity index (χ3v) is 3.46. The number of hydrogen-bond acceptors (Lipinski definition) is 2. The Hall–Kier alpha value is -1.06. The van der Waals surface area contributed by atoms with Gasteiger partial charge in [-0.2, -0.15) is 0 Å². The molecule has 0 saturated carbocycles. The summed E-state index contributed by atoms with van der Waals surface area (Å²) in [6.45, 7) is 4.12. The maximum atomic E-state index is 11.7. The molecule has 0 aromatic heterocycles. The molecular weight excluding hydrogens is 250 g/mol. The monoisotopic (exact) mass is 269 g/mol. The van der Waals surface area contributed by atoms with Crippen LogP contribution < -0.4 is 5.32 Å². The van der Waals surface area contributed by atoms with Gasteiger partial charge in [0.1, 0.15) is 0 Å². The number of rotatable bonds is 6. The van der Waals surface area contributed by atoms with Crippen LogP contribution in [0.1, 0.15) is 32.3 Å². The van der Waals surface area contributed by atoms with Crippen LogP contribution in [-0.4, -0.2) is 23.2 Å². The van der Waals surface area contributed by atoms with E-state index in [1.165, 1.54) is 0 Å². The van der Waals surface area contributed by atoms with Crippen molar-refractivity contribution in [2.24, 2.45) is 0 Å². The Balaban J connectivity index is 2.45. The third kappa shape index (κ3) is 4.67. The van der Waals surface area contributed by atoms with Crippen LogP contribution in [-0.2, 0) is 11.2 Å². The molecule has 0 aliphatic heterocycles. The first-order chi connectivity index (χ1) is 8.49. The van der Waals surface area contributed by atoms with Crippen LogP contribution in [0.15, 0.2) is 24.3 Å². The molecule has 0 aliphatic rings. The molecule has 1 rings (SSSR count). The van der Waals surface area contributed by atoms with Gasteiger partial charge in [0.2, 0.25) is 5.91 Å². The molecule has 0 unspecified atom stereocenters. The fourth-order valence-corrected chi connectivity index (χ4v) is 1.74. The molecule has 0 aliphatic carbocycles. The highest BCUT2D eigenvalue weighted by atomic mass is 35.5. The lowest BCUT2D eigenvalue weighted by molar-refractivity contribution is -0.121. The standard InChI is InChI=1S/C14H20ClNO2/c1-3-14(18,4-2)10-16-13(17)9-11-5-7-12(15)8-6-11/h5-8,18H,3-4,9-10H2,1-2H3,(H,16,17). The maximum absolute atomic E-state index is 11.7. The predicted octanol–water partition coefficient (Wildman–Crippen LogP) is 2.55. The maximum Gasteiger partial charge on any atom is 0.224 e. The van der Waals surface area contributed by atoms with Crippen molar-refractivity contribution in [2.75, 3.05) is 6.54 Å². The van der Waals surface area contributed by atoms with Crippen LogP contribution in [0.3, 0.4) is 0 Å². The zero-order chi connectivity index (χ0) is 13.6. The van der Waals surface area contributed by atoms with Gasteiger partial charge < -0.3 is 10.4 Å². The average molecular weight is 270 g/mol. The van der Waals surface area contributed by atoms with Crippen LogP contribution in [0.25, 0.3) is 0 Å². The molecule has 1 amide bonds. The summed E-state index contributed by atoms with van der Waals surface area (Å²) in [4.78, 5) is 11.7. The van der Waals surface area contributed by atoms with Crippen LogP contribution >= 0.6 is 11.6 Å². The Bertz CT molecular complexity index is 385. The fourth-order valence-electron chi connectivity index (χ4n) is 1.61. The molecule has 0 bridgehead atoms. The van der Waals surface area contributed by atoms with Gasteiger partial charge in [0.05, 0.1) is 12.0 Å². The Labute approximate surface area is 113 Å². The summed E-state index contributed by atoms with van der Waals surface area (Å²) in [5.74, 6) is -0.0855. The lowest BCUT2D eigenvalue weighted by atomic mass is 9.97. The van der Waals surface area contributed by atoms with E-state index in [1.807, 2.05) is 26.0 Å². The number of halogens is 1. The molecule has 0 fully saturated rings. The largest absolute Gasteiger partial charge is 0.388 e. The van der Waals surface area contributed by atoms with Crippen molar-refractivity contribution < 1.29 is 9.90 Å². The summed E-state index contributed by atoms with van der Waals surface area (Å²) in [5.41, 5.74) is 0.115. The molecule has 4 heteroatoms. The Kier molecular flexibility index (Phi) is 5.63. The van der Waals surface area contributed by atoms with Gasteiger partial charge in [0, 0.05) is 11.6 Å². The van der Waals surface area contributed by atoms with Gasteiger partial charge in [-0.3, -0.25) is 4.79 Å². The molecule has 0 radical (unpaired) electrons. The highest BCUT2D eigenvalue weighted by molar-refractivity contribution is 6.30. The Morgan fingerprint density at radius 1 is 1.28 bits per heavy atom. The number of benzene rings is 1. The number of carbonyl (C=O) groups is 1. The Morgan fingerprint density at radius 3 is 2.33 bits per heavy atom. The van der Waals surface area contributed by atoms with E-state index in [0.717, 1.165) is 5.56 Å². The molecule has 18 heavy (non-hydrogen) atoms. The van der Waals surface area contributed by atoms with E-state index in [4.69, 9.17) is 11.6 Å². The third-order valence-electron chi connectivity index (χ3n) is 3.21. The van der Waals surface area contributed by atoms with Crippen molar-refractivity contribution in [3.05, 3.63) is 34.9 Å². The number of carbonyl (C=O) groups excluding carboxylic acids is 1. The molecule has 0 saturated heterocycles. The first-order valence-corrected chi connectivity index (χ1v) is 6.60. The quantitative estimate of drug-likeness (QED) is 0.834. The highest BCUT2D eigenvalue weighted by Gasteiger charge is 2.22. The van der Waals surface area contributed by atoms with Gasteiger partial charge in [-0.05, 0) is 30.5 Å². The minimum absolute atomic E-state index is 0.0855. The van der Waals surface area contributed by atoms with Crippen molar-refractivity contribution in [1.82, 2.24) is 5.32 Å². The first kappa shape index (κ1) is 15.0. The van der Waals surface area contributed by atoms with Gasteiger partial charge in [-0.1, -0.05) is 37.6 Å². The van der Waals surface area contributed by atoms with Crippen LogP contribution in [0.2, 0.25) is 5.02 Å². The highest BCUT2D eigenvalue weighted by Crippen LogP contribution is 2.13. The fraction of sp³-hybridized carbons (Fsp3) is 0.500. The van der Waals surface area contributed by atoms with Gasteiger partial charge >= 0.3 is 0 Å². The van der Waals surface area contributed by atoms with E-state index in [-0.39, 0.29) is 5.91 Å². The molecule has 0 spiro atoms. The second-order valence-electron chi connectivity index (χ2n) is 4.51. The Morgan fingerprint density at radius 2 is 1.83 bits per heavy atom. The molecule has 3 nitrogen and oxygen atoms in total. The van der Waals surface area contributed by atoms with Crippen molar-refractivity contribution >= 4 is 17.5 Å². The number of aliphatic hydroxyl groups is 1. The van der Waals surface area contributed by atoms with Gasteiger partial charge in [0.25, 0.3) is 0 Å². The molecular formula is C14H20ClNO2. The lowest BCUT2D eigenvalue weighted by Gasteiger charge is -2.25. The van der Waals surface area contributed by atoms with Crippen LogP contribution in [0.5, 0.6) is 0 Å². The van der Waals surface area contributed by atoms with Crippen LogP contribution in [0.4, 0.5) is 0 Å². The number of hydrogen-bond donors (Lipinski definition) is 2. The van der Waals surface area contributed by atoms with Crippen molar-refractivity contribution in [3.8, 4) is 0 Å². The summed E-state index contributed by atoms with van der Waals surface area (Å²) >= 11 is 5.77. The van der Waals surface area contributed by atoms with E-state index in [0.29, 0.717) is 30.8 Å². The predicted molar refractivity (Wildman–Crippen MR) is 73.7 cm³/mol. The van der Waals surface area contributed by atoms with E-state index < -0.39 is 5.60 Å². The summed E-state index contributed by atoms with van der Waals surface area (Å²) < 4.78 is 0. The summed E-state index contributed by atoms with van der Waals surface area (Å²) in [6, 6.07) is 7.18. The molecule has 2 N–H and O–H groups in total. The smallest absolute Gasteiger partial charge is 0.224 e. The van der Waals surface area contributed by atoms with Crippen molar-refractivity contribution in [1.29, 1.82) is 0 Å². The van der Waals surface area contributed by atoms with E-state index in [2.05, 4.69) is 5.32 Å². The van der Waals surface area contributed by atoms with Crippen molar-refractivity contribution in [3.63, 3.8) is 0 Å². The summed E-state index contributed by atoms with van der Waals surface area (Å²) in [5, 5.41) is 13.5. The number of nitrogens with one attached hydrogen (secondary N) is 1. The molecule has 100 valence electrons. The lowest BCUT2D eigenvalue weighted by Crippen LogP contribution is -2.42. The van der Waals surface area contributed by atoms with Gasteiger partial charge in [0.15, 0.2) is 0 Å². The molecule has 1 aromatic rings. The first-order valence-electron chi connectivity index (χ1n) is 6.22. The topological polar surface area (TPSA) is 49.3 Å². The summed E-state index contributed by atoms with van der Waals surface area (Å²) in [7, 11) is 0. The van der Waals surface area contributed by atoms with Gasteiger partial charge in [-0.25, -0.2) is 0 Å². The van der Waals surface area contributed by atoms with E-state index >= 15 is 0 Å². The second kappa shape index (κ2) is 6.76. The molecule has 0 heterocycles.